The monoisotopic (exact) mass is 401 g/mol. The largest absolute Gasteiger partial charge is 0.491 e. The van der Waals surface area contributed by atoms with Gasteiger partial charge in [0.05, 0.1) is 6.54 Å². The lowest BCUT2D eigenvalue weighted by Crippen LogP contribution is -2.54. The summed E-state index contributed by atoms with van der Waals surface area (Å²) in [5.41, 5.74) is -0.0391. The molecule has 1 N–H and O–H groups in total. The van der Waals surface area contributed by atoms with E-state index in [9.17, 15) is 19.5 Å². The summed E-state index contributed by atoms with van der Waals surface area (Å²) in [6.07, 6.45) is 1.09. The van der Waals surface area contributed by atoms with E-state index in [1.54, 1.807) is 0 Å². The van der Waals surface area contributed by atoms with E-state index in [2.05, 4.69) is 0 Å². The topological polar surface area (TPSA) is 93.8 Å². The van der Waals surface area contributed by atoms with Crippen LogP contribution in [0.5, 0.6) is 5.75 Å². The van der Waals surface area contributed by atoms with Gasteiger partial charge in [-0.15, -0.1) is 0 Å². The van der Waals surface area contributed by atoms with Crippen LogP contribution >= 0.6 is 0 Å². The maximum absolute atomic E-state index is 12.9. The minimum absolute atomic E-state index is 0.0115. The molecule has 29 heavy (non-hydrogen) atoms. The van der Waals surface area contributed by atoms with Crippen LogP contribution in [0.2, 0.25) is 0 Å². The first-order chi connectivity index (χ1) is 13.6. The third-order valence-electron chi connectivity index (χ3n) is 5.57. The van der Waals surface area contributed by atoms with Crippen molar-refractivity contribution in [2.24, 2.45) is 14.1 Å². The zero-order chi connectivity index (χ0) is 21.3. The number of ether oxygens (including phenoxy) is 1. The van der Waals surface area contributed by atoms with E-state index in [4.69, 9.17) is 4.74 Å². The highest BCUT2D eigenvalue weighted by Crippen LogP contribution is 2.25. The molecule has 2 aromatic rings. The Kier molecular flexibility index (Phi) is 5.66. The van der Waals surface area contributed by atoms with Gasteiger partial charge in [0.1, 0.15) is 23.7 Å². The molecule has 1 unspecified atom stereocenters. The van der Waals surface area contributed by atoms with Gasteiger partial charge < -0.3 is 14.7 Å². The van der Waals surface area contributed by atoms with Gasteiger partial charge in [0.2, 0.25) is 0 Å². The third-order valence-corrected chi connectivity index (χ3v) is 5.57. The fourth-order valence-corrected chi connectivity index (χ4v) is 3.53. The average molecular weight is 401 g/mol. The number of β-amino-alcohol motifs (C(OH)–C–C–N with tert-alkyl or cyclic N) is 1. The Morgan fingerprint density at radius 1 is 1.14 bits per heavy atom. The van der Waals surface area contributed by atoms with Gasteiger partial charge in [-0.3, -0.25) is 18.7 Å². The van der Waals surface area contributed by atoms with Crippen LogP contribution in [0.15, 0.2) is 33.9 Å². The number of aromatic nitrogens is 2. The summed E-state index contributed by atoms with van der Waals surface area (Å²) in [7, 11) is 2.82. The predicted molar refractivity (Wildman–Crippen MR) is 108 cm³/mol. The first kappa shape index (κ1) is 20.9. The fraction of sp³-hybridized carbons (Fsp3) is 0.476. The zero-order valence-corrected chi connectivity index (χ0v) is 17.3. The minimum Gasteiger partial charge on any atom is -0.491 e. The molecule has 1 fully saturated rings. The number of likely N-dealkylation sites (tertiary alicyclic amines) is 1. The number of hydrogen-bond donors (Lipinski definition) is 1. The molecular formula is C21H27N3O5. The summed E-state index contributed by atoms with van der Waals surface area (Å²) in [4.78, 5) is 38.5. The molecule has 1 atom stereocenters. The zero-order valence-electron chi connectivity index (χ0n) is 17.3. The molecule has 0 aliphatic carbocycles. The van der Waals surface area contributed by atoms with Gasteiger partial charge >= 0.3 is 5.69 Å². The maximum atomic E-state index is 12.9. The molecule has 0 radical (unpaired) electrons. The molecule has 1 amide bonds. The Morgan fingerprint density at radius 2 is 1.86 bits per heavy atom. The lowest BCUT2D eigenvalue weighted by atomic mass is 9.93. The van der Waals surface area contributed by atoms with Gasteiger partial charge in [-0.25, -0.2) is 4.79 Å². The molecule has 8 heteroatoms. The van der Waals surface area contributed by atoms with Crippen molar-refractivity contribution in [1.29, 1.82) is 0 Å². The average Bonchev–Trinajstić information content (AvgIpc) is 2.69. The van der Waals surface area contributed by atoms with Gasteiger partial charge in [-0.2, -0.15) is 0 Å². The van der Waals surface area contributed by atoms with Crippen molar-refractivity contribution in [3.8, 4) is 5.75 Å². The van der Waals surface area contributed by atoms with Crippen molar-refractivity contribution in [2.45, 2.75) is 32.3 Å². The lowest BCUT2D eigenvalue weighted by Gasteiger charge is -2.39. The first-order valence-electron chi connectivity index (χ1n) is 9.60. The lowest BCUT2D eigenvalue weighted by molar-refractivity contribution is -0.0534. The minimum atomic E-state index is -1.20. The molecule has 0 spiro atoms. The second kappa shape index (κ2) is 7.87. The molecule has 1 aromatic carbocycles. The molecule has 1 aliphatic heterocycles. The molecule has 1 saturated heterocycles. The van der Waals surface area contributed by atoms with E-state index in [0.29, 0.717) is 25.1 Å². The van der Waals surface area contributed by atoms with Crippen LogP contribution < -0.4 is 16.0 Å². The van der Waals surface area contributed by atoms with E-state index in [1.165, 1.54) is 19.0 Å². The summed E-state index contributed by atoms with van der Waals surface area (Å²) in [6, 6.07) is 6.89. The van der Waals surface area contributed by atoms with Crippen LogP contribution in [0.25, 0.3) is 0 Å². The molecular weight excluding hydrogens is 374 g/mol. The summed E-state index contributed by atoms with van der Waals surface area (Å²) < 4.78 is 7.90. The number of aliphatic hydroxyl groups is 1. The number of nitrogens with zero attached hydrogens (tertiary/aromatic N) is 3. The first-order valence-corrected chi connectivity index (χ1v) is 9.60. The molecule has 3 rings (SSSR count). The summed E-state index contributed by atoms with van der Waals surface area (Å²) in [5, 5.41) is 11.0. The number of carbonyl (C=O) groups is 1. The van der Waals surface area contributed by atoms with Crippen molar-refractivity contribution >= 4 is 5.91 Å². The van der Waals surface area contributed by atoms with E-state index in [1.807, 2.05) is 32.0 Å². The van der Waals surface area contributed by atoms with E-state index >= 15 is 0 Å². The predicted octanol–water partition coefficient (Wildman–Crippen LogP) is 0.747. The second-order valence-electron chi connectivity index (χ2n) is 7.86. The molecule has 8 nitrogen and oxygen atoms in total. The fourth-order valence-electron chi connectivity index (χ4n) is 3.53. The molecule has 156 valence electrons. The number of hydrogen-bond acceptors (Lipinski definition) is 5. The van der Waals surface area contributed by atoms with E-state index in [0.717, 1.165) is 26.3 Å². The van der Waals surface area contributed by atoms with Crippen molar-refractivity contribution in [3.05, 3.63) is 61.9 Å². The number of piperidine rings is 1. The molecule has 0 saturated carbocycles. The van der Waals surface area contributed by atoms with Crippen molar-refractivity contribution in [1.82, 2.24) is 14.0 Å². The normalized spacial score (nSPS) is 19.3. The number of rotatable bonds is 4. The van der Waals surface area contributed by atoms with Crippen LogP contribution in [0, 0.1) is 13.8 Å². The van der Waals surface area contributed by atoms with Gasteiger partial charge in [0, 0.05) is 26.7 Å². The Bertz CT molecular complexity index is 1060. The Hall–Kier alpha value is -2.87. The highest BCUT2D eigenvalue weighted by atomic mass is 16.5. The highest BCUT2D eigenvalue weighted by molar-refractivity contribution is 5.92. The molecule has 2 heterocycles. The maximum Gasteiger partial charge on any atom is 0.331 e. The Balaban J connectivity index is 1.76. The van der Waals surface area contributed by atoms with Crippen molar-refractivity contribution in [2.75, 3.05) is 19.7 Å². The van der Waals surface area contributed by atoms with E-state index < -0.39 is 22.8 Å². The van der Waals surface area contributed by atoms with Crippen LogP contribution in [0.1, 0.15) is 34.5 Å². The second-order valence-corrected chi connectivity index (χ2v) is 7.86. The number of carbonyl (C=O) groups excluding carboxylic acids is 1. The van der Waals surface area contributed by atoms with Crippen molar-refractivity contribution < 1.29 is 14.6 Å². The van der Waals surface area contributed by atoms with Gasteiger partial charge in [-0.1, -0.05) is 6.07 Å². The third kappa shape index (κ3) is 4.27. The summed E-state index contributed by atoms with van der Waals surface area (Å²) >= 11 is 0. The van der Waals surface area contributed by atoms with Crippen LogP contribution in [-0.2, 0) is 14.1 Å². The van der Waals surface area contributed by atoms with Crippen LogP contribution in [-0.4, -0.2) is 50.3 Å². The SMILES string of the molecule is Cc1ccc(OCC2(O)CCCN(C(=O)c3cc(=O)n(C)c(=O)n3C)C2)cc1C. The quantitative estimate of drug-likeness (QED) is 0.816. The Morgan fingerprint density at radius 3 is 2.55 bits per heavy atom. The number of amides is 1. The van der Waals surface area contributed by atoms with Gasteiger partial charge in [0.25, 0.3) is 11.5 Å². The highest BCUT2D eigenvalue weighted by Gasteiger charge is 2.37. The molecule has 1 aromatic heterocycles. The summed E-state index contributed by atoms with van der Waals surface area (Å²) in [6.45, 7) is 4.57. The number of benzene rings is 1. The Labute approximate surface area is 169 Å². The van der Waals surface area contributed by atoms with Gasteiger partial charge in [-0.05, 0) is 49.9 Å². The summed E-state index contributed by atoms with van der Waals surface area (Å²) in [5.74, 6) is 0.213. The molecule has 1 aliphatic rings. The standard InChI is InChI=1S/C21H27N3O5/c1-14-6-7-16(10-15(14)2)29-13-21(28)8-5-9-24(12-21)19(26)17-11-18(25)23(4)20(27)22(17)3/h6-7,10-11,28H,5,8-9,12-13H2,1-4H3. The van der Waals surface area contributed by atoms with Gasteiger partial charge in [0.15, 0.2) is 0 Å². The number of aryl methyl sites for hydroxylation is 2. The van der Waals surface area contributed by atoms with Crippen LogP contribution in [0.3, 0.4) is 0 Å². The smallest absolute Gasteiger partial charge is 0.331 e. The molecule has 0 bridgehead atoms. The van der Waals surface area contributed by atoms with Crippen LogP contribution in [0.4, 0.5) is 0 Å². The van der Waals surface area contributed by atoms with E-state index in [-0.39, 0.29) is 18.8 Å². The van der Waals surface area contributed by atoms with Crippen molar-refractivity contribution in [3.63, 3.8) is 0 Å².